The molecule has 11 heteroatoms. The van der Waals surface area contributed by atoms with Crippen molar-refractivity contribution in [2.75, 3.05) is 36.7 Å². The third-order valence-electron chi connectivity index (χ3n) is 5.07. The molecule has 0 unspecified atom stereocenters. The number of carbonyl (C=O) groups is 1. The van der Waals surface area contributed by atoms with E-state index in [4.69, 9.17) is 4.74 Å². The van der Waals surface area contributed by atoms with Gasteiger partial charge >= 0.3 is 0 Å². The van der Waals surface area contributed by atoms with Crippen LogP contribution in [0.4, 0.5) is 11.4 Å². The van der Waals surface area contributed by atoms with E-state index in [9.17, 15) is 23.3 Å². The first-order valence-corrected chi connectivity index (χ1v) is 12.3. The van der Waals surface area contributed by atoms with Gasteiger partial charge in [0.05, 0.1) is 11.0 Å². The number of non-ortho nitro benzene ring substituents is 1. The van der Waals surface area contributed by atoms with E-state index in [1.54, 1.807) is 30.3 Å². The summed E-state index contributed by atoms with van der Waals surface area (Å²) < 4.78 is 32.9. The van der Waals surface area contributed by atoms with Gasteiger partial charge in [0.15, 0.2) is 0 Å². The molecule has 1 amide bonds. The molecule has 1 aliphatic rings. The van der Waals surface area contributed by atoms with Gasteiger partial charge in [-0.15, -0.1) is 0 Å². The highest BCUT2D eigenvalue weighted by atomic mass is 32.2. The van der Waals surface area contributed by atoms with Gasteiger partial charge in [-0.25, -0.2) is 8.42 Å². The fraction of sp³-hybridized carbons (Fsp3) is 0.409. The standard InChI is InChI=1S/C22H28N4O6S/c1-17(2)32-21-8-6-19(7-9-21)23-33(30,31)16-22(27)25-12-10-24(11-13-25)15-18-4-3-5-20(14-18)26(28)29/h3-9,14,17,23H,10-13,15-16H2,1-2H3. The van der Waals surface area contributed by atoms with E-state index in [0.29, 0.717) is 44.2 Å². The smallest absolute Gasteiger partial charge is 0.269 e. The number of anilines is 1. The molecule has 1 aliphatic heterocycles. The summed E-state index contributed by atoms with van der Waals surface area (Å²) in [6, 6.07) is 13.0. The van der Waals surface area contributed by atoms with Gasteiger partial charge < -0.3 is 9.64 Å². The summed E-state index contributed by atoms with van der Waals surface area (Å²) in [5.74, 6) is -0.466. The predicted octanol–water partition coefficient (Wildman–Crippen LogP) is 2.47. The Bertz CT molecular complexity index is 1080. The lowest BCUT2D eigenvalue weighted by Gasteiger charge is -2.34. The number of amides is 1. The molecule has 0 aliphatic carbocycles. The van der Waals surface area contributed by atoms with Crippen LogP contribution in [-0.4, -0.2) is 67.1 Å². The van der Waals surface area contributed by atoms with E-state index >= 15 is 0 Å². The predicted molar refractivity (Wildman–Crippen MR) is 125 cm³/mol. The largest absolute Gasteiger partial charge is 0.491 e. The third-order valence-corrected chi connectivity index (χ3v) is 6.24. The average Bonchev–Trinajstić information content (AvgIpc) is 2.75. The zero-order chi connectivity index (χ0) is 24.0. The maximum Gasteiger partial charge on any atom is 0.269 e. The van der Waals surface area contributed by atoms with Crippen LogP contribution in [0.2, 0.25) is 0 Å². The van der Waals surface area contributed by atoms with Gasteiger partial charge in [-0.05, 0) is 43.7 Å². The fourth-order valence-electron chi connectivity index (χ4n) is 3.53. The number of sulfonamides is 1. The highest BCUT2D eigenvalue weighted by Crippen LogP contribution is 2.19. The monoisotopic (exact) mass is 476 g/mol. The van der Waals surface area contributed by atoms with Crippen molar-refractivity contribution in [1.82, 2.24) is 9.80 Å². The Morgan fingerprint density at radius 1 is 1.12 bits per heavy atom. The molecular weight excluding hydrogens is 448 g/mol. The van der Waals surface area contributed by atoms with E-state index in [2.05, 4.69) is 9.62 Å². The molecule has 0 aromatic heterocycles. The Morgan fingerprint density at radius 2 is 1.79 bits per heavy atom. The van der Waals surface area contributed by atoms with Crippen LogP contribution in [0.3, 0.4) is 0 Å². The number of hydrogen-bond donors (Lipinski definition) is 1. The van der Waals surface area contributed by atoms with E-state index in [1.807, 2.05) is 19.9 Å². The summed E-state index contributed by atoms with van der Waals surface area (Å²) in [5.41, 5.74) is 1.22. The topological polar surface area (TPSA) is 122 Å². The zero-order valence-electron chi connectivity index (χ0n) is 18.6. The van der Waals surface area contributed by atoms with Gasteiger partial charge in [-0.3, -0.25) is 24.5 Å². The summed E-state index contributed by atoms with van der Waals surface area (Å²) in [6.07, 6.45) is 0.0110. The Labute approximate surface area is 193 Å². The van der Waals surface area contributed by atoms with E-state index in [0.717, 1.165) is 5.56 Å². The van der Waals surface area contributed by atoms with Gasteiger partial charge in [0, 0.05) is 50.5 Å². The van der Waals surface area contributed by atoms with Gasteiger partial charge in [-0.1, -0.05) is 12.1 Å². The van der Waals surface area contributed by atoms with Crippen molar-refractivity contribution in [1.29, 1.82) is 0 Å². The number of piperazine rings is 1. The van der Waals surface area contributed by atoms with Crippen LogP contribution in [0, 0.1) is 10.1 Å². The van der Waals surface area contributed by atoms with Crippen LogP contribution >= 0.6 is 0 Å². The van der Waals surface area contributed by atoms with Crippen molar-refractivity contribution >= 4 is 27.3 Å². The minimum atomic E-state index is -3.85. The van der Waals surface area contributed by atoms with Gasteiger partial charge in [-0.2, -0.15) is 0 Å². The molecule has 33 heavy (non-hydrogen) atoms. The summed E-state index contributed by atoms with van der Waals surface area (Å²) in [7, 11) is -3.85. The van der Waals surface area contributed by atoms with Gasteiger partial charge in [0.2, 0.25) is 15.9 Å². The molecule has 0 spiro atoms. The van der Waals surface area contributed by atoms with E-state index in [1.165, 1.54) is 17.0 Å². The number of benzene rings is 2. The molecular formula is C22H28N4O6S. The van der Waals surface area contributed by atoms with Crippen molar-refractivity contribution in [3.05, 3.63) is 64.2 Å². The summed E-state index contributed by atoms with van der Waals surface area (Å²) in [5, 5.41) is 10.9. The van der Waals surface area contributed by atoms with Crippen LogP contribution in [-0.2, 0) is 21.4 Å². The molecule has 0 atom stereocenters. The lowest BCUT2D eigenvalue weighted by molar-refractivity contribution is -0.384. The normalized spacial score (nSPS) is 14.8. The fourth-order valence-corrected chi connectivity index (χ4v) is 4.60. The molecule has 2 aromatic rings. The molecule has 0 radical (unpaired) electrons. The van der Waals surface area contributed by atoms with Crippen molar-refractivity contribution in [3.8, 4) is 5.75 Å². The maximum atomic E-state index is 12.6. The van der Waals surface area contributed by atoms with Crippen molar-refractivity contribution < 1.29 is 22.9 Å². The molecule has 1 heterocycles. The summed E-state index contributed by atoms with van der Waals surface area (Å²) >= 11 is 0. The Morgan fingerprint density at radius 3 is 2.39 bits per heavy atom. The van der Waals surface area contributed by atoms with E-state index in [-0.39, 0.29) is 11.8 Å². The van der Waals surface area contributed by atoms with Crippen LogP contribution in [0.1, 0.15) is 19.4 Å². The second-order valence-corrected chi connectivity index (χ2v) is 9.86. The second-order valence-electron chi connectivity index (χ2n) is 8.14. The molecule has 1 N–H and O–H groups in total. The van der Waals surface area contributed by atoms with Crippen LogP contribution in [0.25, 0.3) is 0 Å². The average molecular weight is 477 g/mol. The maximum absolute atomic E-state index is 12.6. The molecule has 1 saturated heterocycles. The SMILES string of the molecule is CC(C)Oc1ccc(NS(=O)(=O)CC(=O)N2CCN(Cc3cccc([N+](=O)[O-])c3)CC2)cc1. The number of hydrogen-bond acceptors (Lipinski definition) is 7. The van der Waals surface area contributed by atoms with Crippen molar-refractivity contribution in [2.24, 2.45) is 0 Å². The first-order valence-electron chi connectivity index (χ1n) is 10.6. The molecule has 2 aromatic carbocycles. The molecule has 0 bridgehead atoms. The van der Waals surface area contributed by atoms with Crippen LogP contribution in [0.5, 0.6) is 5.75 Å². The number of nitrogens with zero attached hydrogens (tertiary/aromatic N) is 3. The molecule has 3 rings (SSSR count). The lowest BCUT2D eigenvalue weighted by Crippen LogP contribution is -2.50. The quantitative estimate of drug-likeness (QED) is 0.436. The van der Waals surface area contributed by atoms with Crippen molar-refractivity contribution in [3.63, 3.8) is 0 Å². The van der Waals surface area contributed by atoms with Crippen LogP contribution < -0.4 is 9.46 Å². The Balaban J connectivity index is 1.49. The summed E-state index contributed by atoms with van der Waals surface area (Å²) in [6.45, 7) is 6.22. The van der Waals surface area contributed by atoms with Crippen LogP contribution in [0.15, 0.2) is 48.5 Å². The zero-order valence-corrected chi connectivity index (χ0v) is 19.5. The molecule has 0 saturated carbocycles. The van der Waals surface area contributed by atoms with Gasteiger partial charge in [0.1, 0.15) is 11.5 Å². The lowest BCUT2D eigenvalue weighted by atomic mass is 10.1. The highest BCUT2D eigenvalue weighted by molar-refractivity contribution is 7.93. The summed E-state index contributed by atoms with van der Waals surface area (Å²) in [4.78, 5) is 26.7. The minimum Gasteiger partial charge on any atom is -0.491 e. The number of rotatable bonds is 9. The highest BCUT2D eigenvalue weighted by Gasteiger charge is 2.25. The molecule has 178 valence electrons. The number of carbonyl (C=O) groups excluding carboxylic acids is 1. The number of nitro benzene ring substituents is 1. The number of nitrogens with one attached hydrogen (secondary N) is 1. The first kappa shape index (κ1) is 24.5. The first-order chi connectivity index (χ1) is 15.6. The third kappa shape index (κ3) is 7.43. The second kappa shape index (κ2) is 10.6. The van der Waals surface area contributed by atoms with E-state index < -0.39 is 26.6 Å². The van der Waals surface area contributed by atoms with Gasteiger partial charge in [0.25, 0.3) is 5.69 Å². The number of ether oxygens (including phenoxy) is 1. The molecule has 1 fully saturated rings. The Hall–Kier alpha value is -3.18. The molecule has 10 nitrogen and oxygen atoms in total. The minimum absolute atomic E-state index is 0.0110. The number of nitro groups is 1. The van der Waals surface area contributed by atoms with Crippen molar-refractivity contribution in [2.45, 2.75) is 26.5 Å². The Kier molecular flexibility index (Phi) is 7.88.